The first-order valence-corrected chi connectivity index (χ1v) is 7.95. The molecule has 0 saturated carbocycles. The van der Waals surface area contributed by atoms with Gasteiger partial charge in [0.15, 0.2) is 0 Å². The highest BCUT2D eigenvalue weighted by Gasteiger charge is 2.31. The van der Waals surface area contributed by atoms with Gasteiger partial charge in [-0.05, 0) is 18.1 Å². The van der Waals surface area contributed by atoms with Gasteiger partial charge in [0.1, 0.15) is 24.5 Å². The predicted molar refractivity (Wildman–Crippen MR) is 86.9 cm³/mol. The summed E-state index contributed by atoms with van der Waals surface area (Å²) in [4.78, 5) is 25.4. The Bertz CT molecular complexity index is 619. The maximum absolute atomic E-state index is 12.9. The van der Waals surface area contributed by atoms with E-state index < -0.39 is 0 Å². The van der Waals surface area contributed by atoms with Crippen LogP contribution in [-0.4, -0.2) is 56.7 Å². The van der Waals surface area contributed by atoms with Crippen LogP contribution in [0.1, 0.15) is 19.9 Å². The fourth-order valence-corrected chi connectivity index (χ4v) is 2.95. The van der Waals surface area contributed by atoms with Gasteiger partial charge in [-0.1, -0.05) is 19.9 Å². The number of anilines is 1. The summed E-state index contributed by atoms with van der Waals surface area (Å²) in [6, 6.07) is 5.61. The number of pyridine rings is 1. The van der Waals surface area contributed by atoms with Crippen molar-refractivity contribution in [3.05, 3.63) is 37.1 Å². The van der Waals surface area contributed by atoms with Gasteiger partial charge in [-0.3, -0.25) is 4.79 Å². The predicted octanol–water partition coefficient (Wildman–Crippen LogP) is 1.22. The third-order valence-corrected chi connectivity index (χ3v) is 4.17. The second kappa shape index (κ2) is 6.76. The van der Waals surface area contributed by atoms with Crippen molar-refractivity contribution >= 4 is 11.7 Å². The number of amides is 1. The number of carbonyl (C=O) groups is 1. The van der Waals surface area contributed by atoms with E-state index in [2.05, 4.69) is 20.0 Å². The van der Waals surface area contributed by atoms with Crippen LogP contribution in [0.25, 0.3) is 0 Å². The van der Waals surface area contributed by atoms with E-state index in [0.717, 1.165) is 18.9 Å². The molecule has 1 aliphatic rings. The summed E-state index contributed by atoms with van der Waals surface area (Å²) in [6.07, 6.45) is 4.89. The number of nitrogens with zero attached hydrogens (tertiary/aromatic N) is 6. The first-order chi connectivity index (χ1) is 11.2. The molecule has 23 heavy (non-hydrogen) atoms. The Kier molecular flexibility index (Phi) is 4.55. The molecule has 0 aliphatic carbocycles. The Hall–Kier alpha value is -2.44. The van der Waals surface area contributed by atoms with Crippen molar-refractivity contribution in [3.63, 3.8) is 0 Å². The van der Waals surface area contributed by atoms with Crippen LogP contribution in [0, 0.1) is 5.92 Å². The number of carbonyl (C=O) groups excluding carboxylic acids is 1. The molecule has 0 unspecified atom stereocenters. The summed E-state index contributed by atoms with van der Waals surface area (Å²) in [6.45, 7) is 7.07. The molecule has 2 aromatic rings. The second-order valence-corrected chi connectivity index (χ2v) is 6.06. The summed E-state index contributed by atoms with van der Waals surface area (Å²) < 4.78 is 1.66. The lowest BCUT2D eigenvalue weighted by atomic mass is 10.0. The van der Waals surface area contributed by atoms with Gasteiger partial charge in [0, 0.05) is 32.4 Å². The Balaban J connectivity index is 1.66. The molecule has 0 radical (unpaired) electrons. The van der Waals surface area contributed by atoms with Crippen LogP contribution in [0.15, 0.2) is 37.1 Å². The lowest BCUT2D eigenvalue weighted by Crippen LogP contribution is -2.51. The van der Waals surface area contributed by atoms with Crippen LogP contribution in [0.5, 0.6) is 0 Å². The number of hydrogen-bond donors (Lipinski definition) is 0. The van der Waals surface area contributed by atoms with E-state index in [1.165, 1.54) is 6.33 Å². The SMILES string of the molecule is CC(C)[C@@H](C(=O)N1CCN(c2ccccn2)CC1)n1cncn1. The lowest BCUT2D eigenvalue weighted by Gasteiger charge is -2.37. The molecule has 1 amide bonds. The highest BCUT2D eigenvalue weighted by Crippen LogP contribution is 2.21. The van der Waals surface area contributed by atoms with Crippen LogP contribution in [0.4, 0.5) is 5.82 Å². The number of rotatable bonds is 4. The van der Waals surface area contributed by atoms with Gasteiger partial charge >= 0.3 is 0 Å². The van der Waals surface area contributed by atoms with E-state index in [0.29, 0.717) is 13.1 Å². The molecule has 122 valence electrons. The van der Waals surface area contributed by atoms with Crippen LogP contribution in [-0.2, 0) is 4.79 Å². The topological polar surface area (TPSA) is 67.2 Å². The number of hydrogen-bond acceptors (Lipinski definition) is 5. The second-order valence-electron chi connectivity index (χ2n) is 6.06. The van der Waals surface area contributed by atoms with Crippen molar-refractivity contribution in [2.45, 2.75) is 19.9 Å². The summed E-state index contributed by atoms with van der Waals surface area (Å²) in [5.74, 6) is 1.25. The van der Waals surface area contributed by atoms with E-state index in [9.17, 15) is 4.79 Å². The molecular weight excluding hydrogens is 292 g/mol. The Labute approximate surface area is 135 Å². The van der Waals surface area contributed by atoms with Gasteiger partial charge in [0.25, 0.3) is 0 Å². The fraction of sp³-hybridized carbons (Fsp3) is 0.500. The van der Waals surface area contributed by atoms with Gasteiger partial charge in [-0.2, -0.15) is 5.10 Å². The number of aromatic nitrogens is 4. The maximum atomic E-state index is 12.9. The van der Waals surface area contributed by atoms with Crippen LogP contribution in [0.2, 0.25) is 0 Å². The molecule has 0 N–H and O–H groups in total. The quantitative estimate of drug-likeness (QED) is 0.849. The van der Waals surface area contributed by atoms with Crippen LogP contribution >= 0.6 is 0 Å². The van der Waals surface area contributed by atoms with Crippen molar-refractivity contribution in [1.82, 2.24) is 24.6 Å². The molecule has 0 aromatic carbocycles. The standard InChI is InChI=1S/C16H22N6O/c1-13(2)15(22-12-17-11-19-22)16(23)21-9-7-20(8-10-21)14-5-3-4-6-18-14/h3-6,11-13,15H,7-10H2,1-2H3/t15-/m0/s1. The van der Waals surface area contributed by atoms with Crippen molar-refractivity contribution in [2.24, 2.45) is 5.92 Å². The minimum Gasteiger partial charge on any atom is -0.353 e. The molecule has 1 fully saturated rings. The summed E-state index contributed by atoms with van der Waals surface area (Å²) in [5.41, 5.74) is 0. The number of piperazine rings is 1. The Morgan fingerprint density at radius 1 is 1.17 bits per heavy atom. The van der Waals surface area contributed by atoms with E-state index >= 15 is 0 Å². The minimum atomic E-state index is -0.293. The summed E-state index contributed by atoms with van der Waals surface area (Å²) in [5, 5.41) is 4.15. The molecule has 0 spiro atoms. The average Bonchev–Trinajstić information content (AvgIpc) is 3.09. The zero-order chi connectivity index (χ0) is 16.2. The molecule has 3 rings (SSSR count). The molecule has 1 saturated heterocycles. The molecule has 3 heterocycles. The first-order valence-electron chi connectivity index (χ1n) is 7.95. The Morgan fingerprint density at radius 3 is 2.52 bits per heavy atom. The third kappa shape index (κ3) is 3.33. The minimum absolute atomic E-state index is 0.117. The van der Waals surface area contributed by atoms with E-state index in [1.54, 1.807) is 17.2 Å². The largest absolute Gasteiger partial charge is 0.353 e. The maximum Gasteiger partial charge on any atom is 0.247 e. The zero-order valence-electron chi connectivity index (χ0n) is 13.5. The van der Waals surface area contributed by atoms with Gasteiger partial charge in [-0.15, -0.1) is 0 Å². The summed E-state index contributed by atoms with van der Waals surface area (Å²) >= 11 is 0. The molecule has 0 bridgehead atoms. The van der Waals surface area contributed by atoms with Gasteiger partial charge in [-0.25, -0.2) is 14.6 Å². The van der Waals surface area contributed by atoms with Crippen LogP contribution < -0.4 is 4.90 Å². The van der Waals surface area contributed by atoms with Crippen molar-refractivity contribution in [1.29, 1.82) is 0 Å². The molecule has 1 aliphatic heterocycles. The van der Waals surface area contributed by atoms with E-state index in [4.69, 9.17) is 0 Å². The van der Waals surface area contributed by atoms with Crippen molar-refractivity contribution in [2.75, 3.05) is 31.1 Å². The van der Waals surface area contributed by atoms with E-state index in [1.807, 2.05) is 36.9 Å². The molecule has 1 atom stereocenters. The molecule has 7 heteroatoms. The fourth-order valence-electron chi connectivity index (χ4n) is 2.95. The lowest BCUT2D eigenvalue weighted by molar-refractivity contribution is -0.136. The zero-order valence-corrected chi connectivity index (χ0v) is 13.5. The molecular formula is C16H22N6O. The third-order valence-electron chi connectivity index (χ3n) is 4.17. The van der Waals surface area contributed by atoms with Crippen molar-refractivity contribution in [3.8, 4) is 0 Å². The average molecular weight is 314 g/mol. The van der Waals surface area contributed by atoms with Gasteiger partial charge in [0.2, 0.25) is 5.91 Å². The van der Waals surface area contributed by atoms with Crippen LogP contribution in [0.3, 0.4) is 0 Å². The first kappa shape index (κ1) is 15.5. The van der Waals surface area contributed by atoms with E-state index in [-0.39, 0.29) is 17.9 Å². The smallest absolute Gasteiger partial charge is 0.247 e. The normalized spacial score (nSPS) is 16.7. The molecule has 7 nitrogen and oxygen atoms in total. The monoisotopic (exact) mass is 314 g/mol. The van der Waals surface area contributed by atoms with Gasteiger partial charge in [0.05, 0.1) is 0 Å². The van der Waals surface area contributed by atoms with Gasteiger partial charge < -0.3 is 9.80 Å². The molecule has 2 aromatic heterocycles. The van der Waals surface area contributed by atoms with Crippen molar-refractivity contribution < 1.29 is 4.79 Å². The highest BCUT2D eigenvalue weighted by molar-refractivity contribution is 5.80. The Morgan fingerprint density at radius 2 is 1.96 bits per heavy atom. The summed E-state index contributed by atoms with van der Waals surface area (Å²) in [7, 11) is 0. The highest BCUT2D eigenvalue weighted by atomic mass is 16.2.